The van der Waals surface area contributed by atoms with E-state index in [9.17, 15) is 0 Å². The largest absolute Gasteiger partial charge is 0.377 e. The summed E-state index contributed by atoms with van der Waals surface area (Å²) in [4.78, 5) is 0. The van der Waals surface area contributed by atoms with Crippen molar-refractivity contribution in [3.8, 4) is 0 Å². The van der Waals surface area contributed by atoms with E-state index >= 15 is 0 Å². The first kappa shape index (κ1) is 21.3. The van der Waals surface area contributed by atoms with Gasteiger partial charge < -0.3 is 4.74 Å². The molecule has 0 saturated heterocycles. The minimum Gasteiger partial charge on any atom is -0.377 e. The molecule has 1 aliphatic carbocycles. The second kappa shape index (κ2) is 10.9. The SMILES string of the molecule is CC(C)COCc1ccccc1.CC1CC(C)C1(C)C.O=P. The molecule has 0 aromatic heterocycles. The molecule has 1 aromatic rings. The third-order valence-electron chi connectivity index (χ3n) is 4.81. The van der Waals surface area contributed by atoms with Gasteiger partial charge in [-0.05, 0) is 35.2 Å². The van der Waals surface area contributed by atoms with Gasteiger partial charge in [0, 0.05) is 6.61 Å². The summed E-state index contributed by atoms with van der Waals surface area (Å²) in [6.07, 6.45) is 1.44. The van der Waals surface area contributed by atoms with Crippen molar-refractivity contribution in [2.45, 2.75) is 54.6 Å². The summed E-state index contributed by atoms with van der Waals surface area (Å²) in [7, 11) is 1.72. The summed E-state index contributed by atoms with van der Waals surface area (Å²) in [6.45, 7) is 15.3. The van der Waals surface area contributed by atoms with E-state index in [0.717, 1.165) is 25.0 Å². The Bertz CT molecular complexity index is 380. The van der Waals surface area contributed by atoms with Crippen LogP contribution in [0.2, 0.25) is 0 Å². The third kappa shape index (κ3) is 7.51. The summed E-state index contributed by atoms with van der Waals surface area (Å²) in [5.74, 6) is 2.53. The van der Waals surface area contributed by atoms with Crippen LogP contribution in [-0.4, -0.2) is 6.61 Å². The number of hydrogen-bond acceptors (Lipinski definition) is 2. The fourth-order valence-electron chi connectivity index (χ4n) is 2.45. The zero-order chi connectivity index (χ0) is 17.2. The van der Waals surface area contributed by atoms with Crippen LogP contribution in [0.15, 0.2) is 30.3 Å². The van der Waals surface area contributed by atoms with Gasteiger partial charge in [-0.1, -0.05) is 71.9 Å². The Morgan fingerprint density at radius 1 is 1.14 bits per heavy atom. The van der Waals surface area contributed by atoms with Crippen LogP contribution in [0.3, 0.4) is 0 Å². The molecule has 0 spiro atoms. The van der Waals surface area contributed by atoms with Crippen LogP contribution in [0.5, 0.6) is 0 Å². The molecule has 2 atom stereocenters. The maximum Gasteiger partial charge on any atom is 0.138 e. The van der Waals surface area contributed by atoms with Crippen molar-refractivity contribution in [1.29, 1.82) is 0 Å². The smallest absolute Gasteiger partial charge is 0.138 e. The van der Waals surface area contributed by atoms with E-state index in [-0.39, 0.29) is 0 Å². The van der Waals surface area contributed by atoms with Gasteiger partial charge in [-0.2, -0.15) is 0 Å². The second-order valence-corrected chi connectivity index (χ2v) is 7.25. The average molecular weight is 324 g/mol. The van der Waals surface area contributed by atoms with Gasteiger partial charge in [-0.3, -0.25) is 4.57 Å². The molecule has 2 nitrogen and oxygen atoms in total. The summed E-state index contributed by atoms with van der Waals surface area (Å²) >= 11 is 0. The molecular weight excluding hydrogens is 291 g/mol. The highest BCUT2D eigenvalue weighted by Crippen LogP contribution is 2.50. The molecule has 1 aliphatic rings. The van der Waals surface area contributed by atoms with Crippen LogP contribution in [0.1, 0.15) is 53.5 Å². The van der Waals surface area contributed by atoms with Crippen molar-refractivity contribution in [3.63, 3.8) is 0 Å². The molecule has 0 aliphatic heterocycles. The monoisotopic (exact) mass is 324 g/mol. The minimum absolute atomic E-state index is 0.619. The highest BCUT2D eigenvalue weighted by atomic mass is 31.0. The number of hydrogen-bond donors (Lipinski definition) is 0. The first-order valence-electron chi connectivity index (χ1n) is 8.16. The molecule has 0 amide bonds. The van der Waals surface area contributed by atoms with Crippen molar-refractivity contribution in [1.82, 2.24) is 0 Å². The molecule has 1 saturated carbocycles. The van der Waals surface area contributed by atoms with E-state index < -0.39 is 0 Å². The first-order valence-corrected chi connectivity index (χ1v) is 8.57. The van der Waals surface area contributed by atoms with Crippen LogP contribution in [0.25, 0.3) is 0 Å². The molecule has 3 heteroatoms. The Morgan fingerprint density at radius 3 is 1.95 bits per heavy atom. The summed E-state index contributed by atoms with van der Waals surface area (Å²) in [5, 5.41) is 0. The molecule has 2 unspecified atom stereocenters. The predicted octanol–water partition coefficient (Wildman–Crippen LogP) is 6.02. The lowest BCUT2D eigenvalue weighted by atomic mass is 9.56. The molecule has 0 heterocycles. The Morgan fingerprint density at radius 2 is 1.64 bits per heavy atom. The highest BCUT2D eigenvalue weighted by Gasteiger charge is 2.41. The van der Waals surface area contributed by atoms with Crippen molar-refractivity contribution in [2.75, 3.05) is 6.61 Å². The van der Waals surface area contributed by atoms with E-state index in [2.05, 4.69) is 53.7 Å². The second-order valence-electron chi connectivity index (χ2n) is 7.25. The van der Waals surface area contributed by atoms with Gasteiger partial charge in [0.15, 0.2) is 0 Å². The van der Waals surface area contributed by atoms with Gasteiger partial charge in [0.2, 0.25) is 0 Å². The first-order chi connectivity index (χ1) is 10.3. The van der Waals surface area contributed by atoms with E-state index in [1.54, 1.807) is 9.12 Å². The summed E-state index contributed by atoms with van der Waals surface area (Å²) in [6, 6.07) is 10.3. The number of benzene rings is 1. The fourth-order valence-corrected chi connectivity index (χ4v) is 2.45. The molecule has 126 valence electrons. The zero-order valence-corrected chi connectivity index (χ0v) is 16.1. The van der Waals surface area contributed by atoms with Crippen LogP contribution in [0.4, 0.5) is 0 Å². The Labute approximate surface area is 139 Å². The molecule has 0 bridgehead atoms. The van der Waals surface area contributed by atoms with Crippen molar-refractivity contribution in [3.05, 3.63) is 35.9 Å². The summed E-state index contributed by atoms with van der Waals surface area (Å²) < 4.78 is 13.5. The van der Waals surface area contributed by atoms with Crippen LogP contribution in [-0.2, 0) is 15.9 Å². The molecule has 1 fully saturated rings. The minimum atomic E-state index is 0.619. The lowest BCUT2D eigenvalue weighted by Gasteiger charge is -2.49. The van der Waals surface area contributed by atoms with E-state index in [4.69, 9.17) is 9.30 Å². The Hall–Kier alpha value is -0.720. The maximum atomic E-state index is 8.06. The fraction of sp³-hybridized carbons (Fsp3) is 0.684. The predicted molar refractivity (Wildman–Crippen MR) is 96.7 cm³/mol. The lowest BCUT2D eigenvalue weighted by molar-refractivity contribution is 0.00567. The van der Waals surface area contributed by atoms with Crippen molar-refractivity contribution < 1.29 is 9.30 Å². The van der Waals surface area contributed by atoms with Gasteiger partial charge in [0.1, 0.15) is 9.12 Å². The van der Waals surface area contributed by atoms with Crippen LogP contribution < -0.4 is 0 Å². The Balaban J connectivity index is 0.000000382. The third-order valence-corrected chi connectivity index (χ3v) is 4.81. The van der Waals surface area contributed by atoms with E-state index in [1.807, 2.05) is 18.2 Å². The molecule has 1 aromatic carbocycles. The van der Waals surface area contributed by atoms with Crippen molar-refractivity contribution >= 4 is 9.12 Å². The Kier molecular flexibility index (Phi) is 10.6. The van der Waals surface area contributed by atoms with E-state index in [1.165, 1.54) is 12.0 Å². The number of rotatable bonds is 4. The van der Waals surface area contributed by atoms with Gasteiger partial charge >= 0.3 is 0 Å². The zero-order valence-electron chi connectivity index (χ0n) is 15.1. The van der Waals surface area contributed by atoms with Crippen LogP contribution >= 0.6 is 9.12 Å². The topological polar surface area (TPSA) is 26.3 Å². The standard InChI is InChI=1S/C11H16O.C8H16.HOP/c1-10(2)8-12-9-11-6-4-3-5-7-11;1-6-5-7(2)8(6,3)4;1-2/h3-7,10H,8-9H2,1-2H3;6-7H,5H2,1-4H3;2H. The average Bonchev–Trinajstić information content (AvgIpc) is 2.51. The van der Waals surface area contributed by atoms with Gasteiger partial charge in [-0.15, -0.1) is 0 Å². The lowest BCUT2D eigenvalue weighted by Crippen LogP contribution is -2.41. The van der Waals surface area contributed by atoms with Gasteiger partial charge in [0.25, 0.3) is 0 Å². The quantitative estimate of drug-likeness (QED) is 0.633. The van der Waals surface area contributed by atoms with Gasteiger partial charge in [0.05, 0.1) is 6.61 Å². The maximum absolute atomic E-state index is 8.06. The van der Waals surface area contributed by atoms with E-state index in [0.29, 0.717) is 11.3 Å². The normalized spacial score (nSPS) is 21.8. The van der Waals surface area contributed by atoms with Crippen molar-refractivity contribution in [2.24, 2.45) is 23.2 Å². The highest BCUT2D eigenvalue weighted by molar-refractivity contribution is 7.00. The molecule has 0 N–H and O–H groups in total. The van der Waals surface area contributed by atoms with Gasteiger partial charge in [-0.25, -0.2) is 0 Å². The molecular formula is C19H33O2P. The molecule has 2 rings (SSSR count). The molecule has 22 heavy (non-hydrogen) atoms. The van der Waals surface area contributed by atoms with Crippen LogP contribution in [0, 0.1) is 23.2 Å². The number of ether oxygens (including phenoxy) is 1. The molecule has 0 radical (unpaired) electrons. The summed E-state index contributed by atoms with van der Waals surface area (Å²) in [5.41, 5.74) is 1.89.